The summed E-state index contributed by atoms with van der Waals surface area (Å²) in [5.41, 5.74) is 2.47. The molecule has 2 aliphatic rings. The maximum Gasteiger partial charge on any atom is 0.318 e. The van der Waals surface area contributed by atoms with Crippen LogP contribution >= 0.6 is 22.7 Å². The summed E-state index contributed by atoms with van der Waals surface area (Å²) in [7, 11) is 0. The van der Waals surface area contributed by atoms with Gasteiger partial charge in [-0.2, -0.15) is 0 Å². The molecular weight excluding hydrogens is 328 g/mol. The minimum Gasteiger partial charge on any atom is -0.408 e. The average Bonchev–Trinajstić information content (AvgIpc) is 3.00. The lowest BCUT2D eigenvalue weighted by atomic mass is 10.1. The van der Waals surface area contributed by atoms with Gasteiger partial charge in [0.2, 0.25) is 5.89 Å². The van der Waals surface area contributed by atoms with E-state index in [2.05, 4.69) is 38.5 Å². The third kappa shape index (κ3) is 2.48. The van der Waals surface area contributed by atoms with Crippen molar-refractivity contribution in [3.63, 3.8) is 0 Å². The maximum atomic E-state index is 5.85. The molecule has 3 aromatic heterocycles. The van der Waals surface area contributed by atoms with E-state index >= 15 is 0 Å². The zero-order valence-corrected chi connectivity index (χ0v) is 14.4. The molecule has 1 aliphatic heterocycles. The van der Waals surface area contributed by atoms with Crippen LogP contribution in [0.25, 0.3) is 10.6 Å². The Kier molecular flexibility index (Phi) is 3.06. The largest absolute Gasteiger partial charge is 0.408 e. The van der Waals surface area contributed by atoms with Gasteiger partial charge in [-0.1, -0.05) is 5.10 Å². The van der Waals surface area contributed by atoms with Crippen LogP contribution < -0.4 is 4.90 Å². The SMILES string of the molecule is Cc1nc(-c2cc3c(s2)CCN(c2nnc(C4CC4)o2)C3)cs1. The molecule has 0 amide bonds. The first-order valence-electron chi connectivity index (χ1n) is 7.89. The van der Waals surface area contributed by atoms with Crippen molar-refractivity contribution in [2.75, 3.05) is 11.4 Å². The fourth-order valence-electron chi connectivity index (χ4n) is 2.95. The molecular formula is C16H16N4OS2. The number of aryl methyl sites for hydroxylation is 1. The number of aromatic nitrogens is 3. The summed E-state index contributed by atoms with van der Waals surface area (Å²) in [6, 6.07) is 2.95. The molecule has 0 aromatic carbocycles. The van der Waals surface area contributed by atoms with Gasteiger partial charge >= 0.3 is 6.01 Å². The fraction of sp³-hybridized carbons (Fsp3) is 0.438. The lowest BCUT2D eigenvalue weighted by Crippen LogP contribution is -2.29. The molecule has 3 aromatic rings. The Bertz CT molecular complexity index is 861. The van der Waals surface area contributed by atoms with Gasteiger partial charge in [0.05, 0.1) is 15.6 Å². The summed E-state index contributed by atoms with van der Waals surface area (Å²) in [5, 5.41) is 11.7. The number of thiophene rings is 1. The Morgan fingerprint density at radius 3 is 3.00 bits per heavy atom. The smallest absolute Gasteiger partial charge is 0.318 e. The third-order valence-corrected chi connectivity index (χ3v) is 6.40. The Morgan fingerprint density at radius 1 is 1.30 bits per heavy atom. The van der Waals surface area contributed by atoms with Gasteiger partial charge in [0.15, 0.2) is 0 Å². The van der Waals surface area contributed by atoms with Crippen LogP contribution in [-0.2, 0) is 13.0 Å². The van der Waals surface area contributed by atoms with Crippen molar-refractivity contribution in [2.45, 2.75) is 38.6 Å². The van der Waals surface area contributed by atoms with Gasteiger partial charge in [-0.25, -0.2) is 4.98 Å². The highest BCUT2D eigenvalue weighted by atomic mass is 32.1. The van der Waals surface area contributed by atoms with Crippen molar-refractivity contribution in [3.05, 3.63) is 32.8 Å². The number of hydrogen-bond acceptors (Lipinski definition) is 7. The number of rotatable bonds is 3. The zero-order valence-electron chi connectivity index (χ0n) is 12.8. The van der Waals surface area contributed by atoms with Gasteiger partial charge in [-0.05, 0) is 37.8 Å². The minimum absolute atomic E-state index is 0.511. The molecule has 0 N–H and O–H groups in total. The maximum absolute atomic E-state index is 5.85. The molecule has 0 unspecified atom stereocenters. The van der Waals surface area contributed by atoms with E-state index in [0.717, 1.165) is 36.1 Å². The number of hydrogen-bond donors (Lipinski definition) is 0. The number of thiazole rings is 1. The molecule has 0 atom stereocenters. The van der Waals surface area contributed by atoms with Gasteiger partial charge in [0, 0.05) is 29.3 Å². The molecule has 23 heavy (non-hydrogen) atoms. The third-order valence-electron chi connectivity index (χ3n) is 4.37. The van der Waals surface area contributed by atoms with Crippen LogP contribution in [0.4, 0.5) is 6.01 Å². The summed E-state index contributed by atoms with van der Waals surface area (Å²) in [5.74, 6) is 1.33. The summed E-state index contributed by atoms with van der Waals surface area (Å²) < 4.78 is 5.85. The summed E-state index contributed by atoms with van der Waals surface area (Å²) >= 11 is 3.58. The molecule has 4 heterocycles. The molecule has 5 rings (SSSR count). The van der Waals surface area contributed by atoms with Gasteiger partial charge in [-0.3, -0.25) is 0 Å². The summed E-state index contributed by atoms with van der Waals surface area (Å²) in [6.07, 6.45) is 3.41. The van der Waals surface area contributed by atoms with Crippen LogP contribution in [0.5, 0.6) is 0 Å². The molecule has 5 nitrogen and oxygen atoms in total. The van der Waals surface area contributed by atoms with Crippen molar-refractivity contribution in [1.29, 1.82) is 0 Å². The highest BCUT2D eigenvalue weighted by molar-refractivity contribution is 7.16. The molecule has 118 valence electrons. The predicted octanol–water partition coefficient (Wildman–Crippen LogP) is 4.00. The zero-order chi connectivity index (χ0) is 15.4. The number of anilines is 1. The molecule has 0 radical (unpaired) electrons. The Morgan fingerprint density at radius 2 is 2.22 bits per heavy atom. The second-order valence-electron chi connectivity index (χ2n) is 6.18. The van der Waals surface area contributed by atoms with Crippen LogP contribution in [-0.4, -0.2) is 21.7 Å². The van der Waals surface area contributed by atoms with E-state index in [9.17, 15) is 0 Å². The van der Waals surface area contributed by atoms with Gasteiger partial charge < -0.3 is 9.32 Å². The van der Waals surface area contributed by atoms with Gasteiger partial charge in [0.1, 0.15) is 0 Å². The monoisotopic (exact) mass is 344 g/mol. The van der Waals surface area contributed by atoms with Crippen molar-refractivity contribution in [1.82, 2.24) is 15.2 Å². The normalized spacial score (nSPS) is 17.5. The Hall–Kier alpha value is -1.73. The van der Waals surface area contributed by atoms with Gasteiger partial charge in [-0.15, -0.1) is 27.8 Å². The minimum atomic E-state index is 0.511. The Labute approximate surface area is 142 Å². The second kappa shape index (κ2) is 5.14. The fourth-order valence-corrected chi connectivity index (χ4v) is 4.76. The molecule has 0 spiro atoms. The van der Waals surface area contributed by atoms with Crippen molar-refractivity contribution >= 4 is 28.7 Å². The topological polar surface area (TPSA) is 55.1 Å². The molecule has 1 fully saturated rings. The number of nitrogens with zero attached hydrogens (tertiary/aromatic N) is 4. The first-order chi connectivity index (χ1) is 11.3. The van der Waals surface area contributed by atoms with E-state index in [-0.39, 0.29) is 0 Å². The highest BCUT2D eigenvalue weighted by Gasteiger charge is 2.31. The first kappa shape index (κ1) is 13.7. The standard InChI is InChI=1S/C16H16N4OS2/c1-9-17-12(8-22-9)14-6-11-7-20(5-4-13(11)23-14)16-19-18-15(21-16)10-2-3-10/h6,8,10H,2-5,7H2,1H3. The molecule has 0 bridgehead atoms. The van der Waals surface area contributed by atoms with Crippen LogP contribution in [0.3, 0.4) is 0 Å². The quantitative estimate of drug-likeness (QED) is 0.719. The van der Waals surface area contributed by atoms with Crippen molar-refractivity contribution in [2.24, 2.45) is 0 Å². The van der Waals surface area contributed by atoms with Crippen LogP contribution in [0.2, 0.25) is 0 Å². The second-order valence-corrected chi connectivity index (χ2v) is 8.38. The van der Waals surface area contributed by atoms with E-state index < -0.39 is 0 Å². The van der Waals surface area contributed by atoms with Crippen LogP contribution in [0.15, 0.2) is 15.9 Å². The lowest BCUT2D eigenvalue weighted by Gasteiger charge is -2.24. The van der Waals surface area contributed by atoms with Crippen molar-refractivity contribution < 1.29 is 4.42 Å². The van der Waals surface area contributed by atoms with Crippen LogP contribution in [0.1, 0.15) is 40.1 Å². The molecule has 0 saturated heterocycles. The summed E-state index contributed by atoms with van der Waals surface area (Å²) in [4.78, 5) is 9.53. The van der Waals surface area contributed by atoms with E-state index in [0.29, 0.717) is 11.9 Å². The predicted molar refractivity (Wildman–Crippen MR) is 91.2 cm³/mol. The average molecular weight is 344 g/mol. The Balaban J connectivity index is 1.40. The molecule has 1 saturated carbocycles. The highest BCUT2D eigenvalue weighted by Crippen LogP contribution is 2.41. The van der Waals surface area contributed by atoms with E-state index in [1.54, 1.807) is 11.3 Å². The number of fused-ring (bicyclic) bond motifs is 1. The van der Waals surface area contributed by atoms with Crippen molar-refractivity contribution in [3.8, 4) is 10.6 Å². The van der Waals surface area contributed by atoms with Crippen LogP contribution in [0, 0.1) is 6.92 Å². The summed E-state index contributed by atoms with van der Waals surface area (Å²) in [6.45, 7) is 3.84. The van der Waals surface area contributed by atoms with E-state index in [4.69, 9.17) is 4.42 Å². The molecule has 7 heteroatoms. The van der Waals surface area contributed by atoms with Gasteiger partial charge in [0.25, 0.3) is 0 Å². The van der Waals surface area contributed by atoms with E-state index in [1.165, 1.54) is 28.2 Å². The molecule has 1 aliphatic carbocycles. The first-order valence-corrected chi connectivity index (χ1v) is 9.58. The lowest BCUT2D eigenvalue weighted by molar-refractivity contribution is 0.480. The van der Waals surface area contributed by atoms with E-state index in [1.807, 2.05) is 11.3 Å².